The van der Waals surface area contributed by atoms with E-state index >= 15 is 0 Å². The fourth-order valence-corrected chi connectivity index (χ4v) is 1.59. The Morgan fingerprint density at radius 2 is 2.00 bits per heavy atom. The molecule has 1 aromatic heterocycles. The SMILES string of the molecule is CC(CNc1nc2ccccc2[nH]1)C(C)(C)C. The van der Waals surface area contributed by atoms with E-state index in [1.165, 1.54) is 0 Å². The molecule has 1 atom stereocenters. The van der Waals surface area contributed by atoms with E-state index < -0.39 is 0 Å². The number of anilines is 1. The molecule has 1 aromatic carbocycles. The van der Waals surface area contributed by atoms with Crippen molar-refractivity contribution in [3.8, 4) is 0 Å². The van der Waals surface area contributed by atoms with Gasteiger partial charge < -0.3 is 10.3 Å². The third kappa shape index (κ3) is 2.78. The van der Waals surface area contributed by atoms with E-state index in [0.29, 0.717) is 11.3 Å². The van der Waals surface area contributed by atoms with Gasteiger partial charge in [-0.3, -0.25) is 0 Å². The van der Waals surface area contributed by atoms with Gasteiger partial charge in [0.05, 0.1) is 11.0 Å². The quantitative estimate of drug-likeness (QED) is 0.846. The number of imidazole rings is 1. The number of rotatable bonds is 3. The van der Waals surface area contributed by atoms with E-state index in [0.717, 1.165) is 23.5 Å². The Hall–Kier alpha value is -1.51. The molecule has 0 aliphatic heterocycles. The number of para-hydroxylation sites is 2. The minimum absolute atomic E-state index is 0.318. The van der Waals surface area contributed by atoms with Crippen molar-refractivity contribution in [2.45, 2.75) is 27.7 Å². The monoisotopic (exact) mass is 231 g/mol. The standard InChI is InChI=1S/C14H21N3/c1-10(14(2,3)4)9-15-13-16-11-7-5-6-8-12(11)17-13/h5-8,10H,9H2,1-4H3,(H2,15,16,17). The van der Waals surface area contributed by atoms with Gasteiger partial charge >= 0.3 is 0 Å². The summed E-state index contributed by atoms with van der Waals surface area (Å²) in [4.78, 5) is 7.78. The highest BCUT2D eigenvalue weighted by Gasteiger charge is 2.19. The number of benzene rings is 1. The number of aromatic amines is 1. The van der Waals surface area contributed by atoms with Crippen LogP contribution in [0, 0.1) is 11.3 Å². The zero-order valence-electron chi connectivity index (χ0n) is 11.0. The Labute approximate surface area is 103 Å². The first kappa shape index (κ1) is 12.0. The van der Waals surface area contributed by atoms with Gasteiger partial charge in [0.25, 0.3) is 0 Å². The lowest BCUT2D eigenvalue weighted by molar-refractivity contribution is 0.274. The van der Waals surface area contributed by atoms with Crippen molar-refractivity contribution >= 4 is 17.0 Å². The van der Waals surface area contributed by atoms with Crippen molar-refractivity contribution < 1.29 is 0 Å². The second-order valence-corrected chi connectivity index (χ2v) is 5.75. The van der Waals surface area contributed by atoms with Gasteiger partial charge in [-0.25, -0.2) is 4.98 Å². The summed E-state index contributed by atoms with van der Waals surface area (Å²) in [6.07, 6.45) is 0. The van der Waals surface area contributed by atoms with Crippen molar-refractivity contribution in [1.29, 1.82) is 0 Å². The van der Waals surface area contributed by atoms with Gasteiger partial charge in [0.1, 0.15) is 0 Å². The van der Waals surface area contributed by atoms with Crippen LogP contribution >= 0.6 is 0 Å². The van der Waals surface area contributed by atoms with E-state index in [4.69, 9.17) is 0 Å². The van der Waals surface area contributed by atoms with Crippen LogP contribution in [-0.4, -0.2) is 16.5 Å². The van der Waals surface area contributed by atoms with Crippen LogP contribution in [0.15, 0.2) is 24.3 Å². The minimum Gasteiger partial charge on any atom is -0.356 e. The Morgan fingerprint density at radius 3 is 2.65 bits per heavy atom. The third-order valence-electron chi connectivity index (χ3n) is 3.44. The van der Waals surface area contributed by atoms with Crippen LogP contribution in [-0.2, 0) is 0 Å². The summed E-state index contributed by atoms with van der Waals surface area (Å²) >= 11 is 0. The maximum Gasteiger partial charge on any atom is 0.201 e. The van der Waals surface area contributed by atoms with Gasteiger partial charge in [-0.2, -0.15) is 0 Å². The highest BCUT2D eigenvalue weighted by molar-refractivity contribution is 5.77. The van der Waals surface area contributed by atoms with Crippen molar-refractivity contribution in [3.63, 3.8) is 0 Å². The zero-order chi connectivity index (χ0) is 12.5. The highest BCUT2D eigenvalue weighted by Crippen LogP contribution is 2.25. The lowest BCUT2D eigenvalue weighted by Crippen LogP contribution is -2.25. The van der Waals surface area contributed by atoms with Gasteiger partial charge in [0.2, 0.25) is 5.95 Å². The minimum atomic E-state index is 0.318. The van der Waals surface area contributed by atoms with Crippen molar-refractivity contribution in [2.24, 2.45) is 11.3 Å². The molecule has 92 valence electrons. The van der Waals surface area contributed by atoms with Gasteiger partial charge in [0.15, 0.2) is 0 Å². The first-order chi connectivity index (χ1) is 7.97. The highest BCUT2D eigenvalue weighted by atomic mass is 15.1. The van der Waals surface area contributed by atoms with Crippen LogP contribution in [0.5, 0.6) is 0 Å². The van der Waals surface area contributed by atoms with Crippen LogP contribution in [0.25, 0.3) is 11.0 Å². The van der Waals surface area contributed by atoms with Gasteiger partial charge in [-0.15, -0.1) is 0 Å². The number of aromatic nitrogens is 2. The predicted octanol–water partition coefficient (Wildman–Crippen LogP) is 3.66. The normalized spacial score (nSPS) is 13.9. The van der Waals surface area contributed by atoms with E-state index in [1.54, 1.807) is 0 Å². The van der Waals surface area contributed by atoms with Crippen LogP contribution < -0.4 is 5.32 Å². The lowest BCUT2D eigenvalue weighted by Gasteiger charge is -2.27. The van der Waals surface area contributed by atoms with Crippen LogP contribution in [0.1, 0.15) is 27.7 Å². The first-order valence-corrected chi connectivity index (χ1v) is 6.15. The average molecular weight is 231 g/mol. The predicted molar refractivity (Wildman–Crippen MR) is 73.2 cm³/mol. The summed E-state index contributed by atoms with van der Waals surface area (Å²) in [5.41, 5.74) is 2.41. The lowest BCUT2D eigenvalue weighted by atomic mass is 9.82. The molecule has 2 rings (SSSR count). The van der Waals surface area contributed by atoms with Gasteiger partial charge in [-0.1, -0.05) is 39.8 Å². The van der Waals surface area contributed by atoms with Crippen LogP contribution in [0.3, 0.4) is 0 Å². The van der Waals surface area contributed by atoms with Gasteiger partial charge in [-0.05, 0) is 23.5 Å². The van der Waals surface area contributed by atoms with Gasteiger partial charge in [0, 0.05) is 6.54 Å². The average Bonchev–Trinajstić information content (AvgIpc) is 2.66. The Balaban J connectivity index is 2.04. The second-order valence-electron chi connectivity index (χ2n) is 5.75. The molecule has 0 saturated carbocycles. The molecule has 0 aliphatic carbocycles. The van der Waals surface area contributed by atoms with E-state index in [2.05, 4.69) is 43.0 Å². The summed E-state index contributed by atoms with van der Waals surface area (Å²) < 4.78 is 0. The van der Waals surface area contributed by atoms with E-state index in [1.807, 2.05) is 24.3 Å². The molecule has 0 bridgehead atoms. The van der Waals surface area contributed by atoms with Crippen molar-refractivity contribution in [1.82, 2.24) is 9.97 Å². The molecule has 1 unspecified atom stereocenters. The second kappa shape index (κ2) is 4.40. The molecular formula is C14H21N3. The Bertz CT molecular complexity index is 460. The smallest absolute Gasteiger partial charge is 0.201 e. The number of hydrogen-bond donors (Lipinski definition) is 2. The van der Waals surface area contributed by atoms with Crippen LogP contribution in [0.4, 0.5) is 5.95 Å². The molecule has 1 heterocycles. The van der Waals surface area contributed by atoms with E-state index in [9.17, 15) is 0 Å². The number of H-pyrrole nitrogens is 1. The number of nitrogens with zero attached hydrogens (tertiary/aromatic N) is 1. The molecule has 0 saturated heterocycles. The molecule has 2 N–H and O–H groups in total. The number of fused-ring (bicyclic) bond motifs is 1. The molecule has 0 aliphatic rings. The molecule has 0 radical (unpaired) electrons. The van der Waals surface area contributed by atoms with E-state index in [-0.39, 0.29) is 0 Å². The van der Waals surface area contributed by atoms with Crippen molar-refractivity contribution in [2.75, 3.05) is 11.9 Å². The Kier molecular flexibility index (Phi) is 3.09. The Morgan fingerprint density at radius 1 is 1.29 bits per heavy atom. The fourth-order valence-electron chi connectivity index (χ4n) is 1.59. The zero-order valence-corrected chi connectivity index (χ0v) is 11.0. The number of hydrogen-bond acceptors (Lipinski definition) is 2. The third-order valence-corrected chi connectivity index (χ3v) is 3.44. The fraction of sp³-hybridized carbons (Fsp3) is 0.500. The topological polar surface area (TPSA) is 40.7 Å². The van der Waals surface area contributed by atoms with Crippen LogP contribution in [0.2, 0.25) is 0 Å². The summed E-state index contributed by atoms with van der Waals surface area (Å²) in [6.45, 7) is 9.98. The molecule has 3 nitrogen and oxygen atoms in total. The molecule has 0 amide bonds. The molecular weight excluding hydrogens is 210 g/mol. The maximum atomic E-state index is 4.50. The molecule has 3 heteroatoms. The molecule has 0 spiro atoms. The summed E-state index contributed by atoms with van der Waals surface area (Å²) in [7, 11) is 0. The van der Waals surface area contributed by atoms with Crippen molar-refractivity contribution in [3.05, 3.63) is 24.3 Å². The number of nitrogens with one attached hydrogen (secondary N) is 2. The first-order valence-electron chi connectivity index (χ1n) is 6.15. The molecule has 17 heavy (non-hydrogen) atoms. The molecule has 0 fully saturated rings. The summed E-state index contributed by atoms with van der Waals surface area (Å²) in [5.74, 6) is 1.46. The molecule has 2 aromatic rings. The summed E-state index contributed by atoms with van der Waals surface area (Å²) in [6, 6.07) is 8.08. The maximum absolute atomic E-state index is 4.50. The largest absolute Gasteiger partial charge is 0.356 e. The summed E-state index contributed by atoms with van der Waals surface area (Å²) in [5, 5.41) is 3.37.